The first-order valence-electron chi connectivity index (χ1n) is 6.02. The molecule has 0 amide bonds. The molecule has 0 aliphatic carbocycles. The van der Waals surface area contributed by atoms with Crippen molar-refractivity contribution in [2.75, 3.05) is 0 Å². The lowest BCUT2D eigenvalue weighted by Gasteiger charge is -2.10. The third-order valence-electron chi connectivity index (χ3n) is 3.14. The molecule has 0 aliphatic heterocycles. The fraction of sp³-hybridized carbons (Fsp3) is 0. The molecule has 22 heavy (non-hydrogen) atoms. The molecule has 0 spiro atoms. The van der Waals surface area contributed by atoms with Gasteiger partial charge in [-0.3, -0.25) is 0 Å². The number of hydrogen-bond acceptors (Lipinski definition) is 4. The Balaban J connectivity index is 2.45. The molecule has 1 heterocycles. The van der Waals surface area contributed by atoms with E-state index in [1.807, 2.05) is 0 Å². The maximum absolute atomic E-state index is 13.4. The second kappa shape index (κ2) is 4.80. The van der Waals surface area contributed by atoms with E-state index in [1.54, 1.807) is 0 Å². The van der Waals surface area contributed by atoms with E-state index in [4.69, 9.17) is 4.42 Å². The molecule has 0 bridgehead atoms. The Morgan fingerprint density at radius 1 is 0.909 bits per heavy atom. The van der Waals surface area contributed by atoms with Gasteiger partial charge in [-0.25, -0.2) is 18.0 Å². The monoisotopic (exact) mass is 308 g/mol. The molecule has 1 aromatic heterocycles. The van der Waals surface area contributed by atoms with Gasteiger partial charge in [0.1, 0.15) is 11.5 Å². The van der Waals surface area contributed by atoms with Gasteiger partial charge in [0.25, 0.3) is 0 Å². The normalized spacial score (nSPS) is 11.0. The Bertz CT molecular complexity index is 940. The van der Waals surface area contributed by atoms with Crippen LogP contribution in [0.5, 0.6) is 11.5 Å². The van der Waals surface area contributed by atoms with Gasteiger partial charge in [0.2, 0.25) is 0 Å². The largest absolute Gasteiger partial charge is 0.507 e. The van der Waals surface area contributed by atoms with Gasteiger partial charge < -0.3 is 14.6 Å². The third kappa shape index (κ3) is 2.07. The lowest BCUT2D eigenvalue weighted by atomic mass is 10.0. The Morgan fingerprint density at radius 2 is 1.55 bits per heavy atom. The molecule has 0 unspecified atom stereocenters. The lowest BCUT2D eigenvalue weighted by molar-refractivity contribution is 0.446. The molecule has 3 aromatic rings. The number of aromatic hydroxyl groups is 2. The number of halogens is 3. The Labute approximate surface area is 120 Å². The SMILES string of the molecule is O=c1ccc2c(O)cc(O)c(-c3cc(F)c(F)c(F)c3)c2o1. The molecule has 0 radical (unpaired) electrons. The zero-order chi connectivity index (χ0) is 16.0. The van der Waals surface area contributed by atoms with Crippen LogP contribution in [-0.2, 0) is 0 Å². The minimum atomic E-state index is -1.66. The molecule has 0 fully saturated rings. The van der Waals surface area contributed by atoms with Crippen molar-refractivity contribution in [3.8, 4) is 22.6 Å². The second-order valence-electron chi connectivity index (χ2n) is 4.54. The van der Waals surface area contributed by atoms with Crippen molar-refractivity contribution >= 4 is 11.0 Å². The molecule has 7 heteroatoms. The highest BCUT2D eigenvalue weighted by molar-refractivity contribution is 5.98. The summed E-state index contributed by atoms with van der Waals surface area (Å²) >= 11 is 0. The van der Waals surface area contributed by atoms with Crippen LogP contribution in [0.25, 0.3) is 22.1 Å². The van der Waals surface area contributed by atoms with Gasteiger partial charge in [0.15, 0.2) is 23.0 Å². The maximum Gasteiger partial charge on any atom is 0.336 e. The van der Waals surface area contributed by atoms with E-state index in [2.05, 4.69) is 0 Å². The lowest BCUT2D eigenvalue weighted by Crippen LogP contribution is -1.97. The van der Waals surface area contributed by atoms with Crippen LogP contribution >= 0.6 is 0 Å². The summed E-state index contributed by atoms with van der Waals surface area (Å²) in [5.74, 6) is -5.55. The highest BCUT2D eigenvalue weighted by Crippen LogP contribution is 2.41. The number of rotatable bonds is 1. The van der Waals surface area contributed by atoms with Gasteiger partial charge in [0.05, 0.1) is 10.9 Å². The van der Waals surface area contributed by atoms with Crippen molar-refractivity contribution in [2.45, 2.75) is 0 Å². The fourth-order valence-corrected chi connectivity index (χ4v) is 2.18. The van der Waals surface area contributed by atoms with E-state index in [9.17, 15) is 28.2 Å². The minimum Gasteiger partial charge on any atom is -0.507 e. The Morgan fingerprint density at radius 3 is 2.18 bits per heavy atom. The predicted molar refractivity (Wildman–Crippen MR) is 71.1 cm³/mol. The van der Waals surface area contributed by atoms with E-state index < -0.39 is 28.8 Å². The number of phenols is 2. The van der Waals surface area contributed by atoms with Crippen LogP contribution in [0, 0.1) is 17.5 Å². The number of hydrogen-bond donors (Lipinski definition) is 2. The molecule has 2 aromatic carbocycles. The number of phenolic OH excluding ortho intramolecular Hbond substituents is 2. The smallest absolute Gasteiger partial charge is 0.336 e. The maximum atomic E-state index is 13.4. The first-order chi connectivity index (χ1) is 10.4. The summed E-state index contributed by atoms with van der Waals surface area (Å²) in [4.78, 5) is 11.3. The van der Waals surface area contributed by atoms with Crippen LogP contribution in [-0.4, -0.2) is 10.2 Å². The first-order valence-corrected chi connectivity index (χ1v) is 6.02. The van der Waals surface area contributed by atoms with Crippen LogP contribution in [0.15, 0.2) is 39.5 Å². The molecule has 0 saturated carbocycles. The van der Waals surface area contributed by atoms with E-state index in [1.165, 1.54) is 6.07 Å². The highest BCUT2D eigenvalue weighted by atomic mass is 19.2. The van der Waals surface area contributed by atoms with Gasteiger partial charge in [-0.15, -0.1) is 0 Å². The molecule has 2 N–H and O–H groups in total. The molecule has 0 saturated heterocycles. The van der Waals surface area contributed by atoms with E-state index in [0.29, 0.717) is 12.1 Å². The summed E-state index contributed by atoms with van der Waals surface area (Å²) in [6, 6.07) is 4.50. The quantitative estimate of drug-likeness (QED) is 0.534. The van der Waals surface area contributed by atoms with Crippen molar-refractivity contribution in [3.63, 3.8) is 0 Å². The summed E-state index contributed by atoms with van der Waals surface area (Å²) in [5, 5.41) is 19.7. The van der Waals surface area contributed by atoms with Gasteiger partial charge in [-0.05, 0) is 23.8 Å². The Kier molecular flexibility index (Phi) is 3.05. The molecule has 4 nitrogen and oxygen atoms in total. The van der Waals surface area contributed by atoms with Gasteiger partial charge in [-0.2, -0.15) is 0 Å². The van der Waals surface area contributed by atoms with Crippen molar-refractivity contribution in [2.24, 2.45) is 0 Å². The number of fused-ring (bicyclic) bond motifs is 1. The van der Waals surface area contributed by atoms with Gasteiger partial charge in [-0.1, -0.05) is 0 Å². The highest BCUT2D eigenvalue weighted by Gasteiger charge is 2.19. The van der Waals surface area contributed by atoms with Crippen LogP contribution < -0.4 is 5.63 Å². The summed E-state index contributed by atoms with van der Waals surface area (Å²) in [6.45, 7) is 0. The zero-order valence-corrected chi connectivity index (χ0v) is 10.7. The third-order valence-corrected chi connectivity index (χ3v) is 3.14. The Hall–Kier alpha value is -2.96. The van der Waals surface area contributed by atoms with Crippen LogP contribution in [0.1, 0.15) is 0 Å². The van der Waals surface area contributed by atoms with Crippen LogP contribution in [0.2, 0.25) is 0 Å². The second-order valence-corrected chi connectivity index (χ2v) is 4.54. The van der Waals surface area contributed by atoms with Crippen LogP contribution in [0.3, 0.4) is 0 Å². The van der Waals surface area contributed by atoms with Gasteiger partial charge >= 0.3 is 5.63 Å². The van der Waals surface area contributed by atoms with Gasteiger partial charge in [0, 0.05) is 12.1 Å². The molecular formula is C15H7F3O4. The van der Waals surface area contributed by atoms with E-state index in [0.717, 1.165) is 12.1 Å². The van der Waals surface area contributed by atoms with Crippen molar-refractivity contribution in [3.05, 3.63) is 58.2 Å². The van der Waals surface area contributed by atoms with E-state index >= 15 is 0 Å². The summed E-state index contributed by atoms with van der Waals surface area (Å²) in [5.41, 5.74) is -1.53. The van der Waals surface area contributed by atoms with Crippen molar-refractivity contribution < 1.29 is 27.8 Å². The molecular weight excluding hydrogens is 301 g/mol. The van der Waals surface area contributed by atoms with E-state index in [-0.39, 0.29) is 27.8 Å². The molecule has 112 valence electrons. The zero-order valence-electron chi connectivity index (χ0n) is 10.7. The molecule has 0 aliphatic rings. The average molecular weight is 308 g/mol. The summed E-state index contributed by atoms with van der Waals surface area (Å²) < 4.78 is 44.7. The molecule has 0 atom stereocenters. The summed E-state index contributed by atoms with van der Waals surface area (Å²) in [7, 11) is 0. The molecule has 3 rings (SSSR count). The standard InChI is InChI=1S/C15H7F3O4/c16-8-3-6(4-9(17)14(8)18)13-11(20)5-10(19)7-1-2-12(21)22-15(7)13/h1-5,19-20H. The average Bonchev–Trinajstić information content (AvgIpc) is 2.44. The van der Waals surface area contributed by atoms with Crippen LogP contribution in [0.4, 0.5) is 13.2 Å². The van der Waals surface area contributed by atoms with Crippen molar-refractivity contribution in [1.82, 2.24) is 0 Å². The predicted octanol–water partition coefficient (Wildman–Crippen LogP) is 3.29. The van der Waals surface area contributed by atoms with Crippen molar-refractivity contribution in [1.29, 1.82) is 0 Å². The topological polar surface area (TPSA) is 70.7 Å². The number of benzene rings is 2. The summed E-state index contributed by atoms with van der Waals surface area (Å²) in [6.07, 6.45) is 0. The minimum absolute atomic E-state index is 0.0533. The first kappa shape index (κ1) is 14.0. The fourth-order valence-electron chi connectivity index (χ4n) is 2.18.